The molecular formula is C19H22BFO4. The largest absolute Gasteiger partial charge is 0.525 e. The molecule has 0 saturated carbocycles. The van der Waals surface area contributed by atoms with Gasteiger partial charge in [0.1, 0.15) is 5.73 Å². The highest BCUT2D eigenvalue weighted by atomic mass is 19.1. The summed E-state index contributed by atoms with van der Waals surface area (Å²) in [6.07, 6.45) is 1.37. The Morgan fingerprint density at radius 3 is 2.28 bits per heavy atom. The zero-order chi connectivity index (χ0) is 18.7. The Labute approximate surface area is 148 Å². The minimum absolute atomic E-state index is 0.287. The Balaban J connectivity index is 2.08. The lowest BCUT2D eigenvalue weighted by Gasteiger charge is -2.32. The number of hydrogen-bond donors (Lipinski definition) is 0. The van der Waals surface area contributed by atoms with Crippen molar-refractivity contribution in [2.45, 2.75) is 45.8 Å². The van der Waals surface area contributed by atoms with Crippen molar-refractivity contribution in [3.05, 3.63) is 41.1 Å². The highest BCUT2D eigenvalue weighted by molar-refractivity contribution is 6.54. The van der Waals surface area contributed by atoms with Crippen molar-refractivity contribution in [1.82, 2.24) is 0 Å². The fourth-order valence-corrected chi connectivity index (χ4v) is 2.14. The summed E-state index contributed by atoms with van der Waals surface area (Å²) in [5, 5.41) is 0. The number of rotatable bonds is 3. The molecule has 1 aromatic rings. The van der Waals surface area contributed by atoms with Crippen molar-refractivity contribution >= 4 is 19.2 Å². The summed E-state index contributed by atoms with van der Waals surface area (Å²) in [6.45, 7) is 9.49. The molecule has 1 aromatic carbocycles. The van der Waals surface area contributed by atoms with Crippen molar-refractivity contribution < 1.29 is 23.2 Å². The van der Waals surface area contributed by atoms with Crippen LogP contribution in [0.4, 0.5) is 4.39 Å². The molecule has 6 heteroatoms. The third-order valence-corrected chi connectivity index (χ3v) is 4.28. The van der Waals surface area contributed by atoms with E-state index >= 15 is 0 Å². The Morgan fingerprint density at radius 2 is 1.76 bits per heavy atom. The van der Waals surface area contributed by atoms with E-state index in [9.17, 15) is 9.18 Å². The summed E-state index contributed by atoms with van der Waals surface area (Å²) in [5.74, 6) is 4.51. The predicted octanol–water partition coefficient (Wildman–Crippen LogP) is 3.54. The SMILES string of the molecule is CCOC(=O)C#Cc1ccc(C=C(F)B2OC(C)(C)C(C)(C)O2)cc1. The van der Waals surface area contributed by atoms with E-state index in [0.717, 1.165) is 0 Å². The van der Waals surface area contributed by atoms with E-state index in [4.69, 9.17) is 14.0 Å². The molecule has 1 aliphatic rings. The fourth-order valence-electron chi connectivity index (χ4n) is 2.14. The normalized spacial score (nSPS) is 18.5. The second-order valence-electron chi connectivity index (χ2n) is 6.71. The number of carbonyl (C=O) groups excluding carboxylic acids is 1. The average molecular weight is 344 g/mol. The Morgan fingerprint density at radius 1 is 1.20 bits per heavy atom. The first-order chi connectivity index (χ1) is 11.6. The van der Waals surface area contributed by atoms with E-state index in [-0.39, 0.29) is 6.61 Å². The van der Waals surface area contributed by atoms with Crippen LogP contribution in [0.25, 0.3) is 6.08 Å². The standard InChI is InChI=1S/C19H22BFO4/c1-6-23-17(22)12-11-14-7-9-15(10-8-14)13-16(21)20-24-18(2,3)19(4,5)25-20/h7-10,13H,6H2,1-5H3. The Hall–Kier alpha value is -2.10. The number of carbonyl (C=O) groups is 1. The smallest absolute Gasteiger partial charge is 0.456 e. The van der Waals surface area contributed by atoms with Crippen molar-refractivity contribution in [2.75, 3.05) is 6.61 Å². The van der Waals surface area contributed by atoms with Gasteiger partial charge in [0, 0.05) is 11.5 Å². The van der Waals surface area contributed by atoms with Crippen LogP contribution in [0.5, 0.6) is 0 Å². The molecule has 0 aromatic heterocycles. The number of hydrogen-bond acceptors (Lipinski definition) is 4. The van der Waals surface area contributed by atoms with Gasteiger partial charge < -0.3 is 14.0 Å². The molecule has 0 N–H and O–H groups in total. The lowest BCUT2D eigenvalue weighted by molar-refractivity contribution is -0.136. The maximum absolute atomic E-state index is 14.4. The second-order valence-corrected chi connectivity index (χ2v) is 6.71. The molecule has 0 bridgehead atoms. The molecule has 1 fully saturated rings. The average Bonchev–Trinajstić information content (AvgIpc) is 2.75. The van der Waals surface area contributed by atoms with Gasteiger partial charge in [-0.05, 0) is 58.4 Å². The van der Waals surface area contributed by atoms with Crippen molar-refractivity contribution in [3.63, 3.8) is 0 Å². The molecule has 0 aliphatic carbocycles. The Kier molecular flexibility index (Phi) is 5.71. The quantitative estimate of drug-likeness (QED) is 0.478. The predicted molar refractivity (Wildman–Crippen MR) is 95.1 cm³/mol. The van der Waals surface area contributed by atoms with Gasteiger partial charge >= 0.3 is 13.1 Å². The third-order valence-electron chi connectivity index (χ3n) is 4.28. The van der Waals surface area contributed by atoms with Crippen LogP contribution in [0.2, 0.25) is 0 Å². The molecule has 1 saturated heterocycles. The van der Waals surface area contributed by atoms with Crippen LogP contribution in [-0.2, 0) is 18.8 Å². The first kappa shape index (κ1) is 19.2. The van der Waals surface area contributed by atoms with Crippen LogP contribution in [0.3, 0.4) is 0 Å². The van der Waals surface area contributed by atoms with E-state index < -0.39 is 30.0 Å². The van der Waals surface area contributed by atoms with Crippen LogP contribution in [0, 0.1) is 11.8 Å². The molecule has 1 aliphatic heterocycles. The van der Waals surface area contributed by atoms with E-state index in [2.05, 4.69) is 11.8 Å². The molecule has 4 nitrogen and oxygen atoms in total. The van der Waals surface area contributed by atoms with E-state index in [1.807, 2.05) is 27.7 Å². The topological polar surface area (TPSA) is 44.8 Å². The lowest BCUT2D eigenvalue weighted by atomic mass is 9.87. The van der Waals surface area contributed by atoms with Crippen molar-refractivity contribution in [2.24, 2.45) is 0 Å². The van der Waals surface area contributed by atoms with Crippen molar-refractivity contribution in [1.29, 1.82) is 0 Å². The van der Waals surface area contributed by atoms with Crippen LogP contribution >= 0.6 is 0 Å². The van der Waals surface area contributed by atoms with Gasteiger partial charge in [0.15, 0.2) is 0 Å². The van der Waals surface area contributed by atoms with E-state index in [0.29, 0.717) is 11.1 Å². The van der Waals surface area contributed by atoms with Gasteiger partial charge in [-0.1, -0.05) is 18.1 Å². The molecule has 0 spiro atoms. The monoisotopic (exact) mass is 344 g/mol. The van der Waals surface area contributed by atoms with Crippen LogP contribution in [0.1, 0.15) is 45.7 Å². The number of halogens is 1. The van der Waals surface area contributed by atoms with Crippen LogP contribution in [0.15, 0.2) is 30.0 Å². The van der Waals surface area contributed by atoms with E-state index in [1.165, 1.54) is 6.08 Å². The van der Waals surface area contributed by atoms with E-state index in [1.54, 1.807) is 31.2 Å². The van der Waals surface area contributed by atoms with Gasteiger partial charge in [0.05, 0.1) is 17.8 Å². The molecule has 132 valence electrons. The van der Waals surface area contributed by atoms with Gasteiger partial charge in [0.2, 0.25) is 0 Å². The van der Waals surface area contributed by atoms with Crippen LogP contribution in [-0.4, -0.2) is 30.9 Å². The zero-order valence-electron chi connectivity index (χ0n) is 15.2. The maximum atomic E-state index is 14.4. The first-order valence-corrected chi connectivity index (χ1v) is 8.16. The van der Waals surface area contributed by atoms with Gasteiger partial charge in [-0.3, -0.25) is 0 Å². The summed E-state index contributed by atoms with van der Waals surface area (Å²) < 4.78 is 30.5. The molecule has 25 heavy (non-hydrogen) atoms. The minimum atomic E-state index is -1.02. The third kappa shape index (κ3) is 4.71. The highest BCUT2D eigenvalue weighted by Crippen LogP contribution is 2.39. The maximum Gasteiger partial charge on any atom is 0.525 e. The molecule has 0 unspecified atom stereocenters. The summed E-state index contributed by atoms with van der Waals surface area (Å²) in [5.41, 5.74) is -0.385. The number of benzene rings is 1. The second kappa shape index (κ2) is 7.43. The number of ether oxygens (including phenoxy) is 1. The van der Waals surface area contributed by atoms with Crippen LogP contribution < -0.4 is 0 Å². The Bertz CT molecular complexity index is 710. The highest BCUT2D eigenvalue weighted by Gasteiger charge is 2.53. The number of esters is 1. The summed E-state index contributed by atoms with van der Waals surface area (Å²) in [6, 6.07) is 6.82. The minimum Gasteiger partial charge on any atom is -0.456 e. The molecular weight excluding hydrogens is 322 g/mol. The van der Waals surface area contributed by atoms with Gasteiger partial charge in [-0.15, -0.1) is 0 Å². The first-order valence-electron chi connectivity index (χ1n) is 8.16. The van der Waals surface area contributed by atoms with Gasteiger partial charge in [-0.2, -0.15) is 0 Å². The van der Waals surface area contributed by atoms with Crippen molar-refractivity contribution in [3.8, 4) is 11.8 Å². The molecule has 2 rings (SSSR count). The molecule has 0 atom stereocenters. The molecule has 0 radical (unpaired) electrons. The summed E-state index contributed by atoms with van der Waals surface area (Å²) in [7, 11) is -1.02. The fraction of sp³-hybridized carbons (Fsp3) is 0.421. The van der Waals surface area contributed by atoms with Gasteiger partial charge in [-0.25, -0.2) is 9.18 Å². The summed E-state index contributed by atoms with van der Waals surface area (Å²) in [4.78, 5) is 11.2. The lowest BCUT2D eigenvalue weighted by Crippen LogP contribution is -2.41. The molecule has 0 amide bonds. The van der Waals surface area contributed by atoms with Gasteiger partial charge in [0.25, 0.3) is 0 Å². The molecule has 1 heterocycles. The zero-order valence-corrected chi connectivity index (χ0v) is 15.2. The summed E-state index contributed by atoms with van der Waals surface area (Å²) >= 11 is 0.